The van der Waals surface area contributed by atoms with Gasteiger partial charge in [-0.25, -0.2) is 0 Å². The van der Waals surface area contributed by atoms with Crippen LogP contribution >= 0.6 is 43.4 Å². The lowest BCUT2D eigenvalue weighted by Crippen LogP contribution is -2.16. The zero-order valence-electron chi connectivity index (χ0n) is 12.5. The van der Waals surface area contributed by atoms with Gasteiger partial charge in [-0.3, -0.25) is 0 Å². The number of aromatic nitrogens is 2. The quantitative estimate of drug-likeness (QED) is 0.477. The van der Waals surface area contributed by atoms with E-state index in [0.29, 0.717) is 0 Å². The van der Waals surface area contributed by atoms with Crippen LogP contribution < -0.4 is 4.90 Å². The van der Waals surface area contributed by atoms with Crippen molar-refractivity contribution in [3.63, 3.8) is 0 Å². The fourth-order valence-corrected chi connectivity index (χ4v) is 3.61. The Balaban J connectivity index is 1.99. The minimum atomic E-state index is 0.784. The normalized spacial score (nSPS) is 10.7. The van der Waals surface area contributed by atoms with Crippen LogP contribution in [0.5, 0.6) is 0 Å². The van der Waals surface area contributed by atoms with Crippen LogP contribution in [-0.2, 0) is 13.0 Å². The maximum atomic E-state index is 4.26. The molecule has 0 saturated heterocycles. The van der Waals surface area contributed by atoms with Crippen molar-refractivity contribution in [3.8, 4) is 0 Å². The summed E-state index contributed by atoms with van der Waals surface area (Å²) < 4.78 is 6.31. The van der Waals surface area contributed by atoms with Crippen LogP contribution in [0.25, 0.3) is 0 Å². The van der Waals surface area contributed by atoms with Crippen LogP contribution in [0.15, 0.2) is 57.5 Å². The third-order valence-electron chi connectivity index (χ3n) is 3.51. The second-order valence-electron chi connectivity index (χ2n) is 5.07. The van der Waals surface area contributed by atoms with Gasteiger partial charge < -0.3 is 4.90 Å². The van der Waals surface area contributed by atoms with Gasteiger partial charge in [0.05, 0.1) is 5.69 Å². The van der Waals surface area contributed by atoms with Gasteiger partial charge in [-0.2, -0.15) is 0 Å². The highest BCUT2D eigenvalue weighted by atomic mass is 79.9. The summed E-state index contributed by atoms with van der Waals surface area (Å²) in [5, 5.41) is 5.37. The van der Waals surface area contributed by atoms with Crippen molar-refractivity contribution >= 4 is 54.1 Å². The molecule has 6 heteroatoms. The smallest absolute Gasteiger partial charge is 0.140 e. The van der Waals surface area contributed by atoms with Gasteiger partial charge in [0.1, 0.15) is 5.00 Å². The zero-order valence-corrected chi connectivity index (χ0v) is 16.5. The second-order valence-corrected chi connectivity index (χ2v) is 7.63. The monoisotopic (exact) mass is 451 g/mol. The van der Waals surface area contributed by atoms with Crippen molar-refractivity contribution in [1.82, 2.24) is 9.59 Å². The van der Waals surface area contributed by atoms with Crippen LogP contribution in [0.2, 0.25) is 0 Å². The Morgan fingerprint density at radius 2 is 1.57 bits per heavy atom. The molecule has 0 aliphatic carbocycles. The molecule has 2 aromatic carbocycles. The van der Waals surface area contributed by atoms with Crippen molar-refractivity contribution < 1.29 is 0 Å². The summed E-state index contributed by atoms with van der Waals surface area (Å²) in [6.45, 7) is 2.89. The number of hydrogen-bond donors (Lipinski definition) is 0. The summed E-state index contributed by atoms with van der Waals surface area (Å²) in [6.07, 6.45) is 0.874. The first kappa shape index (κ1) is 16.6. The molecule has 0 spiro atoms. The topological polar surface area (TPSA) is 29.0 Å². The van der Waals surface area contributed by atoms with Crippen molar-refractivity contribution in [2.75, 3.05) is 4.90 Å². The maximum absolute atomic E-state index is 4.26. The predicted molar refractivity (Wildman–Crippen MR) is 103 cm³/mol. The first-order chi connectivity index (χ1) is 11.2. The number of benzene rings is 2. The van der Waals surface area contributed by atoms with E-state index < -0.39 is 0 Å². The average molecular weight is 453 g/mol. The van der Waals surface area contributed by atoms with Crippen molar-refractivity contribution in [2.24, 2.45) is 0 Å². The van der Waals surface area contributed by atoms with Gasteiger partial charge in [-0.05, 0) is 48.4 Å². The van der Waals surface area contributed by atoms with E-state index >= 15 is 0 Å². The molecule has 0 radical (unpaired) electrons. The van der Waals surface area contributed by atoms with Crippen molar-refractivity contribution in [2.45, 2.75) is 19.9 Å². The molecule has 1 aromatic heterocycles. The molecule has 0 fully saturated rings. The van der Waals surface area contributed by atoms with E-state index in [9.17, 15) is 0 Å². The van der Waals surface area contributed by atoms with Gasteiger partial charge >= 0.3 is 0 Å². The molecule has 0 unspecified atom stereocenters. The molecule has 118 valence electrons. The van der Waals surface area contributed by atoms with E-state index in [1.54, 1.807) is 0 Å². The van der Waals surface area contributed by atoms with Crippen LogP contribution in [0, 0.1) is 0 Å². The van der Waals surface area contributed by atoms with E-state index in [0.717, 1.165) is 38.3 Å². The highest BCUT2D eigenvalue weighted by Crippen LogP contribution is 2.33. The summed E-state index contributed by atoms with van der Waals surface area (Å²) in [5.41, 5.74) is 3.42. The Labute approximate surface area is 156 Å². The third-order valence-corrected chi connectivity index (χ3v) is 5.36. The van der Waals surface area contributed by atoms with Crippen LogP contribution in [0.4, 0.5) is 10.7 Å². The Hall–Kier alpha value is -1.24. The van der Waals surface area contributed by atoms with Crippen LogP contribution in [0.3, 0.4) is 0 Å². The number of aryl methyl sites for hydroxylation is 1. The third kappa shape index (κ3) is 4.00. The number of anilines is 2. The molecule has 3 rings (SSSR count). The molecule has 0 bridgehead atoms. The standard InChI is InChI=1S/C17H15Br2N3S/c1-2-16-17(23-21-20-16)22(15-9-7-14(19)8-10-15)11-12-3-5-13(18)6-4-12/h3-10H,2,11H2,1H3. The number of hydrogen-bond acceptors (Lipinski definition) is 4. The fraction of sp³-hybridized carbons (Fsp3) is 0.176. The highest BCUT2D eigenvalue weighted by molar-refractivity contribution is 9.10. The van der Waals surface area contributed by atoms with Crippen molar-refractivity contribution in [1.29, 1.82) is 0 Å². The Bertz CT molecular complexity index is 769. The van der Waals surface area contributed by atoms with Gasteiger partial charge in [-0.1, -0.05) is 55.4 Å². The van der Waals surface area contributed by atoms with E-state index in [4.69, 9.17) is 0 Å². The van der Waals surface area contributed by atoms with Crippen LogP contribution in [-0.4, -0.2) is 9.59 Å². The Morgan fingerprint density at radius 1 is 0.957 bits per heavy atom. The second kappa shape index (κ2) is 7.55. The summed E-state index contributed by atoms with van der Waals surface area (Å²) >= 11 is 8.44. The fourth-order valence-electron chi connectivity index (χ4n) is 2.30. The lowest BCUT2D eigenvalue weighted by atomic mass is 10.2. The summed E-state index contributed by atoms with van der Waals surface area (Å²) in [4.78, 5) is 2.28. The molecular formula is C17H15Br2N3S. The molecular weight excluding hydrogens is 438 g/mol. The first-order valence-electron chi connectivity index (χ1n) is 7.26. The molecule has 23 heavy (non-hydrogen) atoms. The molecule has 0 N–H and O–H groups in total. The molecule has 0 aliphatic rings. The average Bonchev–Trinajstić information content (AvgIpc) is 3.04. The Morgan fingerprint density at radius 3 is 2.17 bits per heavy atom. The number of nitrogens with zero attached hydrogens (tertiary/aromatic N) is 3. The van der Waals surface area contributed by atoms with E-state index in [1.807, 2.05) is 0 Å². The predicted octanol–water partition coefficient (Wildman–Crippen LogP) is 5.96. The molecule has 3 nitrogen and oxygen atoms in total. The van der Waals surface area contributed by atoms with E-state index in [-0.39, 0.29) is 0 Å². The minimum Gasteiger partial charge on any atom is -0.326 e. The van der Waals surface area contributed by atoms with E-state index in [2.05, 4.69) is 102 Å². The molecule has 1 heterocycles. The molecule has 0 amide bonds. The van der Waals surface area contributed by atoms with Crippen molar-refractivity contribution in [3.05, 3.63) is 68.7 Å². The molecule has 0 saturated carbocycles. The van der Waals surface area contributed by atoms with E-state index in [1.165, 1.54) is 17.1 Å². The molecule has 3 aromatic rings. The maximum Gasteiger partial charge on any atom is 0.140 e. The zero-order chi connectivity index (χ0) is 16.2. The highest BCUT2D eigenvalue weighted by Gasteiger charge is 2.17. The van der Waals surface area contributed by atoms with Gasteiger partial charge in [0, 0.05) is 32.7 Å². The van der Waals surface area contributed by atoms with Gasteiger partial charge in [-0.15, -0.1) is 5.10 Å². The van der Waals surface area contributed by atoms with Crippen LogP contribution in [0.1, 0.15) is 18.2 Å². The summed E-state index contributed by atoms with van der Waals surface area (Å²) in [5.74, 6) is 0. The minimum absolute atomic E-state index is 0.784. The summed E-state index contributed by atoms with van der Waals surface area (Å²) in [6, 6.07) is 16.8. The summed E-state index contributed by atoms with van der Waals surface area (Å²) in [7, 11) is 0. The lowest BCUT2D eigenvalue weighted by Gasteiger charge is -2.24. The van der Waals surface area contributed by atoms with Gasteiger partial charge in [0.2, 0.25) is 0 Å². The molecule has 0 aliphatic heterocycles. The van der Waals surface area contributed by atoms with Gasteiger partial charge in [0.15, 0.2) is 0 Å². The van der Waals surface area contributed by atoms with Gasteiger partial charge in [0.25, 0.3) is 0 Å². The number of halogens is 2. The largest absolute Gasteiger partial charge is 0.326 e. The lowest BCUT2D eigenvalue weighted by molar-refractivity contribution is 0.938. The first-order valence-corrected chi connectivity index (χ1v) is 9.62. The Kier molecular flexibility index (Phi) is 5.46. The SMILES string of the molecule is CCc1nnsc1N(Cc1ccc(Br)cc1)c1ccc(Br)cc1. The molecule has 0 atom stereocenters. The number of rotatable bonds is 5.